The molecule has 0 saturated carbocycles. The van der Waals surface area contributed by atoms with Gasteiger partial charge < -0.3 is 9.84 Å². The normalized spacial score (nSPS) is 12.2. The SMILES string of the molecule is CCOc1ccc([N+](=O)[O-])cc1C(C)O. The van der Waals surface area contributed by atoms with Gasteiger partial charge in [0.25, 0.3) is 5.69 Å². The Labute approximate surface area is 87.5 Å². The zero-order valence-electron chi connectivity index (χ0n) is 8.64. The average Bonchev–Trinajstić information content (AvgIpc) is 2.18. The molecule has 1 atom stereocenters. The summed E-state index contributed by atoms with van der Waals surface area (Å²) in [6, 6.07) is 4.19. The molecule has 1 aromatic rings. The van der Waals surface area contributed by atoms with Crippen LogP contribution in [0, 0.1) is 10.1 Å². The first kappa shape index (κ1) is 11.5. The lowest BCUT2D eigenvalue weighted by atomic mass is 10.1. The number of rotatable bonds is 4. The van der Waals surface area contributed by atoms with Crippen LogP contribution in [0.4, 0.5) is 5.69 Å². The van der Waals surface area contributed by atoms with Crippen LogP contribution in [-0.4, -0.2) is 16.6 Å². The van der Waals surface area contributed by atoms with E-state index >= 15 is 0 Å². The van der Waals surface area contributed by atoms with Crippen LogP contribution in [0.1, 0.15) is 25.5 Å². The number of nitro groups is 1. The van der Waals surface area contributed by atoms with Gasteiger partial charge in [-0.15, -0.1) is 0 Å². The van der Waals surface area contributed by atoms with Gasteiger partial charge in [0.05, 0.1) is 17.6 Å². The Kier molecular flexibility index (Phi) is 3.62. The van der Waals surface area contributed by atoms with Crippen LogP contribution in [0.5, 0.6) is 5.75 Å². The summed E-state index contributed by atoms with van der Waals surface area (Å²) in [5.74, 6) is 0.484. The van der Waals surface area contributed by atoms with E-state index in [4.69, 9.17) is 4.74 Å². The molecule has 1 rings (SSSR count). The van der Waals surface area contributed by atoms with Gasteiger partial charge in [-0.05, 0) is 19.9 Å². The second kappa shape index (κ2) is 4.75. The lowest BCUT2D eigenvalue weighted by Gasteiger charge is -2.11. The highest BCUT2D eigenvalue weighted by Gasteiger charge is 2.14. The molecule has 5 nitrogen and oxygen atoms in total. The minimum absolute atomic E-state index is 0.0469. The van der Waals surface area contributed by atoms with Crippen molar-refractivity contribution in [3.8, 4) is 5.75 Å². The van der Waals surface area contributed by atoms with Crippen molar-refractivity contribution < 1.29 is 14.8 Å². The number of nitro benzene ring substituents is 1. The van der Waals surface area contributed by atoms with Crippen LogP contribution in [0.15, 0.2) is 18.2 Å². The summed E-state index contributed by atoms with van der Waals surface area (Å²) < 4.78 is 5.25. The minimum atomic E-state index is -0.786. The van der Waals surface area contributed by atoms with Gasteiger partial charge >= 0.3 is 0 Å². The number of non-ortho nitro benzene ring substituents is 1. The predicted molar refractivity (Wildman–Crippen MR) is 54.9 cm³/mol. The van der Waals surface area contributed by atoms with Gasteiger partial charge in [0, 0.05) is 17.7 Å². The maximum absolute atomic E-state index is 10.5. The number of benzene rings is 1. The largest absolute Gasteiger partial charge is 0.493 e. The standard InChI is InChI=1S/C10H13NO4/c1-3-15-10-5-4-8(11(13)14)6-9(10)7(2)12/h4-7,12H,3H2,1-2H3. The van der Waals surface area contributed by atoms with Crippen LogP contribution >= 0.6 is 0 Å². The van der Waals surface area contributed by atoms with E-state index < -0.39 is 11.0 Å². The zero-order valence-corrected chi connectivity index (χ0v) is 8.64. The van der Waals surface area contributed by atoms with E-state index in [2.05, 4.69) is 0 Å². The molecular weight excluding hydrogens is 198 g/mol. The molecular formula is C10H13NO4. The fraction of sp³-hybridized carbons (Fsp3) is 0.400. The van der Waals surface area contributed by atoms with Gasteiger partial charge in [-0.2, -0.15) is 0 Å². The first-order chi connectivity index (χ1) is 7.06. The lowest BCUT2D eigenvalue weighted by Crippen LogP contribution is -2.01. The molecule has 82 valence electrons. The third-order valence-corrected chi connectivity index (χ3v) is 1.95. The van der Waals surface area contributed by atoms with Crippen molar-refractivity contribution in [2.45, 2.75) is 20.0 Å². The van der Waals surface area contributed by atoms with Crippen molar-refractivity contribution in [2.24, 2.45) is 0 Å². The highest BCUT2D eigenvalue weighted by atomic mass is 16.6. The first-order valence-corrected chi connectivity index (χ1v) is 4.65. The molecule has 5 heteroatoms. The summed E-state index contributed by atoms with van der Waals surface area (Å²) in [4.78, 5) is 10.0. The van der Waals surface area contributed by atoms with E-state index in [0.29, 0.717) is 17.9 Å². The third kappa shape index (κ3) is 2.66. The molecule has 0 spiro atoms. The molecule has 0 aromatic heterocycles. The maximum atomic E-state index is 10.5. The van der Waals surface area contributed by atoms with E-state index in [-0.39, 0.29) is 5.69 Å². The summed E-state index contributed by atoms with van der Waals surface area (Å²) in [7, 11) is 0. The van der Waals surface area contributed by atoms with Crippen LogP contribution in [-0.2, 0) is 0 Å². The fourth-order valence-corrected chi connectivity index (χ4v) is 1.26. The highest BCUT2D eigenvalue weighted by molar-refractivity contribution is 5.44. The van der Waals surface area contributed by atoms with Crippen LogP contribution in [0.2, 0.25) is 0 Å². The molecule has 0 saturated heterocycles. The fourth-order valence-electron chi connectivity index (χ4n) is 1.26. The Morgan fingerprint density at radius 3 is 2.73 bits per heavy atom. The number of hydrogen-bond acceptors (Lipinski definition) is 4. The molecule has 0 aliphatic heterocycles. The molecule has 0 heterocycles. The second-order valence-corrected chi connectivity index (χ2v) is 3.09. The van der Waals surface area contributed by atoms with Crippen molar-refractivity contribution in [3.05, 3.63) is 33.9 Å². The average molecular weight is 211 g/mol. The lowest BCUT2D eigenvalue weighted by molar-refractivity contribution is -0.385. The monoisotopic (exact) mass is 211 g/mol. The minimum Gasteiger partial charge on any atom is -0.493 e. The van der Waals surface area contributed by atoms with Crippen molar-refractivity contribution in [1.82, 2.24) is 0 Å². The van der Waals surface area contributed by atoms with E-state index in [1.807, 2.05) is 6.92 Å². The van der Waals surface area contributed by atoms with Gasteiger partial charge in [-0.25, -0.2) is 0 Å². The first-order valence-electron chi connectivity index (χ1n) is 4.65. The Bertz CT molecular complexity index is 362. The molecule has 1 unspecified atom stereocenters. The van der Waals surface area contributed by atoms with E-state index in [1.165, 1.54) is 18.2 Å². The van der Waals surface area contributed by atoms with Gasteiger partial charge in [0.2, 0.25) is 0 Å². The summed E-state index contributed by atoms with van der Waals surface area (Å²) >= 11 is 0. The molecule has 0 radical (unpaired) electrons. The Balaban J connectivity index is 3.14. The van der Waals surface area contributed by atoms with Gasteiger partial charge in [0.1, 0.15) is 5.75 Å². The van der Waals surface area contributed by atoms with Crippen LogP contribution in [0.25, 0.3) is 0 Å². The predicted octanol–water partition coefficient (Wildman–Crippen LogP) is 2.05. The Morgan fingerprint density at radius 2 is 2.27 bits per heavy atom. The van der Waals surface area contributed by atoms with Crippen molar-refractivity contribution in [2.75, 3.05) is 6.61 Å². The quantitative estimate of drug-likeness (QED) is 0.611. The molecule has 0 bridgehead atoms. The van der Waals surface area contributed by atoms with Crippen LogP contribution in [0.3, 0.4) is 0 Å². The molecule has 1 aromatic carbocycles. The van der Waals surface area contributed by atoms with Crippen molar-refractivity contribution in [3.63, 3.8) is 0 Å². The molecule has 0 fully saturated rings. The molecule has 15 heavy (non-hydrogen) atoms. The summed E-state index contributed by atoms with van der Waals surface area (Å²) in [5, 5.41) is 20.0. The highest BCUT2D eigenvalue weighted by Crippen LogP contribution is 2.29. The van der Waals surface area contributed by atoms with Crippen LogP contribution < -0.4 is 4.74 Å². The topological polar surface area (TPSA) is 72.6 Å². The van der Waals surface area contributed by atoms with Gasteiger partial charge in [0.15, 0.2) is 0 Å². The molecule has 0 aliphatic rings. The zero-order chi connectivity index (χ0) is 11.4. The summed E-state index contributed by atoms with van der Waals surface area (Å²) in [6.07, 6.45) is -0.786. The van der Waals surface area contributed by atoms with E-state index in [0.717, 1.165) is 0 Å². The van der Waals surface area contributed by atoms with E-state index in [9.17, 15) is 15.2 Å². The van der Waals surface area contributed by atoms with Crippen molar-refractivity contribution in [1.29, 1.82) is 0 Å². The Hall–Kier alpha value is -1.62. The smallest absolute Gasteiger partial charge is 0.270 e. The van der Waals surface area contributed by atoms with E-state index in [1.54, 1.807) is 6.92 Å². The number of hydrogen-bond donors (Lipinski definition) is 1. The number of nitrogens with zero attached hydrogens (tertiary/aromatic N) is 1. The second-order valence-electron chi connectivity index (χ2n) is 3.09. The molecule has 0 aliphatic carbocycles. The van der Waals surface area contributed by atoms with Gasteiger partial charge in [-0.1, -0.05) is 0 Å². The molecule has 0 amide bonds. The molecule has 1 N–H and O–H groups in total. The summed E-state index contributed by atoms with van der Waals surface area (Å²) in [6.45, 7) is 3.81. The maximum Gasteiger partial charge on any atom is 0.270 e. The third-order valence-electron chi connectivity index (χ3n) is 1.95. The number of ether oxygens (including phenoxy) is 1. The summed E-state index contributed by atoms with van der Waals surface area (Å²) in [5.41, 5.74) is 0.389. The number of aliphatic hydroxyl groups is 1. The van der Waals surface area contributed by atoms with Gasteiger partial charge in [-0.3, -0.25) is 10.1 Å². The van der Waals surface area contributed by atoms with Crippen molar-refractivity contribution >= 4 is 5.69 Å². The Morgan fingerprint density at radius 1 is 1.60 bits per heavy atom. The number of aliphatic hydroxyl groups excluding tert-OH is 1.